The van der Waals surface area contributed by atoms with Gasteiger partial charge in [0.15, 0.2) is 0 Å². The predicted molar refractivity (Wildman–Crippen MR) is 43.6 cm³/mol. The average Bonchev–Trinajstić information content (AvgIpc) is 2.43. The molecule has 0 N–H and O–H groups in total. The quantitative estimate of drug-likeness (QED) is 0.479. The summed E-state index contributed by atoms with van der Waals surface area (Å²) in [5.41, 5.74) is 3.33. The first-order valence-corrected chi connectivity index (χ1v) is 4.31. The normalized spacial score (nSPS) is 26.4. The Morgan fingerprint density at radius 2 is 1.80 bits per heavy atom. The maximum Gasteiger partial charge on any atom is 0.00113 e. The molecule has 2 fully saturated rings. The molecule has 0 spiro atoms. The molecule has 2 aliphatic rings. The number of fused-ring (bicyclic) bond motifs is 2. The molecule has 0 aromatic carbocycles. The largest absolute Gasteiger partial charge is 0.0764 e. The summed E-state index contributed by atoms with van der Waals surface area (Å²) in [5.74, 6) is 2.75. The zero-order chi connectivity index (χ0) is 7.14. The van der Waals surface area contributed by atoms with Gasteiger partial charge in [0.1, 0.15) is 0 Å². The van der Waals surface area contributed by atoms with Gasteiger partial charge in [0.25, 0.3) is 0 Å². The average molecular weight is 135 g/mol. The molecule has 0 saturated heterocycles. The highest BCUT2D eigenvalue weighted by Crippen LogP contribution is 2.51. The summed E-state index contributed by atoms with van der Waals surface area (Å²) in [5, 5.41) is 0. The second-order valence-corrected chi connectivity index (χ2v) is 3.79. The van der Waals surface area contributed by atoms with E-state index in [9.17, 15) is 0 Å². The predicted octanol–water partition coefficient (Wildman–Crippen LogP) is 3.10. The first kappa shape index (κ1) is 6.45. The number of rotatable bonds is 0. The first-order chi connectivity index (χ1) is 4.79. The summed E-state index contributed by atoms with van der Waals surface area (Å²) in [6.07, 6.45) is 5.72. The standard InChI is InChI=1S/C10H15/c1-7(2)10-8-3-4-9(10)6-5-8/h8H,3-6H2,1-2H3. The van der Waals surface area contributed by atoms with Gasteiger partial charge in [-0.2, -0.15) is 0 Å². The fourth-order valence-electron chi connectivity index (χ4n) is 2.57. The Kier molecular flexibility index (Phi) is 1.36. The van der Waals surface area contributed by atoms with Crippen LogP contribution in [0.15, 0.2) is 11.1 Å². The van der Waals surface area contributed by atoms with Crippen LogP contribution in [0.1, 0.15) is 39.5 Å². The highest BCUT2D eigenvalue weighted by molar-refractivity contribution is 5.38. The fraction of sp³-hybridized carbons (Fsp3) is 0.700. The number of hydrogen-bond donors (Lipinski definition) is 0. The molecule has 2 saturated carbocycles. The van der Waals surface area contributed by atoms with Gasteiger partial charge in [0.2, 0.25) is 0 Å². The zero-order valence-corrected chi connectivity index (χ0v) is 6.91. The van der Waals surface area contributed by atoms with Gasteiger partial charge in [-0.3, -0.25) is 0 Å². The topological polar surface area (TPSA) is 0 Å². The van der Waals surface area contributed by atoms with Crippen LogP contribution in [0.2, 0.25) is 0 Å². The van der Waals surface area contributed by atoms with Crippen molar-refractivity contribution >= 4 is 0 Å². The van der Waals surface area contributed by atoms with Crippen molar-refractivity contribution in [2.75, 3.05) is 0 Å². The molecular formula is C10H15. The van der Waals surface area contributed by atoms with Gasteiger partial charge in [-0.25, -0.2) is 0 Å². The van der Waals surface area contributed by atoms with Crippen molar-refractivity contribution in [1.82, 2.24) is 0 Å². The van der Waals surface area contributed by atoms with Crippen LogP contribution in [0.5, 0.6) is 0 Å². The molecule has 0 nitrogen and oxygen atoms in total. The number of allylic oxidation sites excluding steroid dienone is 2. The van der Waals surface area contributed by atoms with Crippen LogP contribution in [-0.2, 0) is 0 Å². The van der Waals surface area contributed by atoms with Crippen molar-refractivity contribution < 1.29 is 0 Å². The molecule has 1 radical (unpaired) electrons. The lowest BCUT2D eigenvalue weighted by molar-refractivity contribution is 0.551. The van der Waals surface area contributed by atoms with E-state index in [4.69, 9.17) is 0 Å². The van der Waals surface area contributed by atoms with Crippen molar-refractivity contribution in [2.24, 2.45) is 5.92 Å². The molecule has 0 aliphatic heterocycles. The summed E-state index contributed by atoms with van der Waals surface area (Å²) in [6.45, 7) is 4.53. The minimum absolute atomic E-state index is 0.972. The summed E-state index contributed by atoms with van der Waals surface area (Å²) >= 11 is 0. The molecule has 0 heterocycles. The van der Waals surface area contributed by atoms with Crippen molar-refractivity contribution in [1.29, 1.82) is 0 Å². The molecule has 0 aromatic rings. The number of hydrogen-bond acceptors (Lipinski definition) is 0. The SMILES string of the molecule is CC(C)=C1[C]2CCC1CC2. The third-order valence-electron chi connectivity index (χ3n) is 2.92. The second kappa shape index (κ2) is 2.11. The van der Waals surface area contributed by atoms with E-state index in [1.54, 1.807) is 17.1 Å². The summed E-state index contributed by atoms with van der Waals surface area (Å²) in [4.78, 5) is 0. The van der Waals surface area contributed by atoms with E-state index in [1.165, 1.54) is 25.7 Å². The van der Waals surface area contributed by atoms with Gasteiger partial charge in [-0.05, 0) is 45.4 Å². The van der Waals surface area contributed by atoms with Crippen LogP contribution in [-0.4, -0.2) is 0 Å². The molecule has 55 valence electrons. The van der Waals surface area contributed by atoms with E-state index < -0.39 is 0 Å². The molecule has 2 rings (SSSR count). The Labute approximate surface area is 63.3 Å². The lowest BCUT2D eigenvalue weighted by atomic mass is 10.0. The van der Waals surface area contributed by atoms with Crippen LogP contribution in [0, 0.1) is 11.8 Å². The third-order valence-corrected chi connectivity index (χ3v) is 2.92. The molecule has 0 heteroatoms. The molecule has 2 bridgehead atoms. The second-order valence-electron chi connectivity index (χ2n) is 3.79. The van der Waals surface area contributed by atoms with E-state index >= 15 is 0 Å². The highest BCUT2D eigenvalue weighted by Gasteiger charge is 2.37. The monoisotopic (exact) mass is 135 g/mol. The molecule has 10 heavy (non-hydrogen) atoms. The van der Waals surface area contributed by atoms with Crippen molar-refractivity contribution in [3.8, 4) is 0 Å². The smallest absolute Gasteiger partial charge is 0.00113 e. The van der Waals surface area contributed by atoms with Crippen LogP contribution < -0.4 is 0 Å². The Balaban J connectivity index is 2.33. The highest BCUT2D eigenvalue weighted by atomic mass is 14.4. The Morgan fingerprint density at radius 1 is 1.20 bits per heavy atom. The molecule has 0 unspecified atom stereocenters. The van der Waals surface area contributed by atoms with Gasteiger partial charge in [0.05, 0.1) is 0 Å². The minimum atomic E-state index is 0.972. The van der Waals surface area contributed by atoms with Gasteiger partial charge in [-0.1, -0.05) is 11.1 Å². The molecule has 0 aromatic heterocycles. The van der Waals surface area contributed by atoms with Crippen molar-refractivity contribution in [2.45, 2.75) is 39.5 Å². The molecule has 0 amide bonds. The summed E-state index contributed by atoms with van der Waals surface area (Å²) in [7, 11) is 0. The Hall–Kier alpha value is -0.260. The zero-order valence-electron chi connectivity index (χ0n) is 6.91. The maximum absolute atomic E-state index is 2.26. The van der Waals surface area contributed by atoms with Gasteiger partial charge < -0.3 is 0 Å². The van der Waals surface area contributed by atoms with Crippen LogP contribution >= 0.6 is 0 Å². The molecule has 0 atom stereocenters. The van der Waals surface area contributed by atoms with E-state index in [1.807, 2.05) is 0 Å². The molecule has 2 aliphatic carbocycles. The lowest BCUT2D eigenvalue weighted by Crippen LogP contribution is -1.90. The first-order valence-electron chi connectivity index (χ1n) is 4.31. The Morgan fingerprint density at radius 3 is 2.00 bits per heavy atom. The van der Waals surface area contributed by atoms with Gasteiger partial charge in [-0.15, -0.1) is 0 Å². The van der Waals surface area contributed by atoms with E-state index in [-0.39, 0.29) is 0 Å². The van der Waals surface area contributed by atoms with E-state index in [2.05, 4.69) is 13.8 Å². The van der Waals surface area contributed by atoms with Crippen LogP contribution in [0.3, 0.4) is 0 Å². The van der Waals surface area contributed by atoms with Crippen molar-refractivity contribution in [3.63, 3.8) is 0 Å². The minimum Gasteiger partial charge on any atom is -0.0764 e. The fourth-order valence-corrected chi connectivity index (χ4v) is 2.57. The van der Waals surface area contributed by atoms with Crippen LogP contribution in [0.4, 0.5) is 0 Å². The van der Waals surface area contributed by atoms with E-state index in [0.717, 1.165) is 5.92 Å². The Bertz CT molecular complexity index is 150. The summed E-state index contributed by atoms with van der Waals surface area (Å²) < 4.78 is 0. The van der Waals surface area contributed by atoms with Crippen molar-refractivity contribution in [3.05, 3.63) is 17.1 Å². The van der Waals surface area contributed by atoms with Gasteiger partial charge in [0, 0.05) is 5.92 Å². The molecular weight excluding hydrogens is 120 g/mol. The maximum atomic E-state index is 2.26. The van der Waals surface area contributed by atoms with Gasteiger partial charge >= 0.3 is 0 Å². The lowest BCUT2D eigenvalue weighted by Gasteiger charge is -2.04. The third kappa shape index (κ3) is 0.744. The summed E-state index contributed by atoms with van der Waals surface area (Å²) in [6, 6.07) is 0. The van der Waals surface area contributed by atoms with E-state index in [0.29, 0.717) is 0 Å². The van der Waals surface area contributed by atoms with Crippen LogP contribution in [0.25, 0.3) is 0 Å².